The highest BCUT2D eigenvalue weighted by Crippen LogP contribution is 2.41. The molecule has 1 heterocycles. The predicted molar refractivity (Wildman–Crippen MR) is 129 cm³/mol. The average Bonchev–Trinajstić information content (AvgIpc) is 2.78. The molecule has 1 aliphatic rings. The molecule has 0 aromatic heterocycles. The number of hydrogen-bond donors (Lipinski definition) is 1. The molecule has 0 aliphatic carbocycles. The van der Waals surface area contributed by atoms with Crippen molar-refractivity contribution in [1.82, 2.24) is 4.90 Å². The van der Waals surface area contributed by atoms with E-state index in [1.165, 1.54) is 5.56 Å². The topological polar surface area (TPSA) is 41.9 Å². The fraction of sp³-hybridized carbons (Fsp3) is 0.538. The summed E-state index contributed by atoms with van der Waals surface area (Å²) < 4.78 is 11.4. The molecular weight excluding hydrogens is 410 g/mol. The third-order valence-electron chi connectivity index (χ3n) is 6.18. The Morgan fingerprint density at radius 3 is 2.26 bits per heavy atom. The largest absolute Gasteiger partial charge is 0.494 e. The fourth-order valence-corrected chi connectivity index (χ4v) is 4.16. The van der Waals surface area contributed by atoms with E-state index in [1.807, 2.05) is 30.3 Å². The average molecular weight is 448 g/mol. The van der Waals surface area contributed by atoms with Gasteiger partial charge in [-0.25, -0.2) is 0 Å². The highest BCUT2D eigenvalue weighted by Gasteiger charge is 2.39. The molecule has 5 heteroatoms. The monoisotopic (exact) mass is 447 g/mol. The Bertz CT molecular complexity index is 747. The summed E-state index contributed by atoms with van der Waals surface area (Å²) in [6.07, 6.45) is 1.68. The zero-order valence-corrected chi connectivity index (χ0v) is 19.9. The number of nitrogens with zero attached hydrogens (tertiary/aromatic N) is 1. The molecule has 4 nitrogen and oxygen atoms in total. The number of rotatable bonds is 10. The van der Waals surface area contributed by atoms with E-state index in [4.69, 9.17) is 9.47 Å². The minimum Gasteiger partial charge on any atom is -0.494 e. The van der Waals surface area contributed by atoms with Gasteiger partial charge >= 0.3 is 0 Å². The first-order valence-electron chi connectivity index (χ1n) is 11.3. The maximum Gasteiger partial charge on any atom is 0.119 e. The van der Waals surface area contributed by atoms with Crippen molar-refractivity contribution >= 4 is 12.4 Å². The zero-order valence-electron chi connectivity index (χ0n) is 19.1. The van der Waals surface area contributed by atoms with Crippen molar-refractivity contribution in [1.29, 1.82) is 0 Å². The summed E-state index contributed by atoms with van der Waals surface area (Å²) in [7, 11) is 0. The zero-order chi connectivity index (χ0) is 21.4. The summed E-state index contributed by atoms with van der Waals surface area (Å²) >= 11 is 0. The molecule has 3 rings (SSSR count). The highest BCUT2D eigenvalue weighted by atomic mass is 35.5. The summed E-state index contributed by atoms with van der Waals surface area (Å²) in [4.78, 5) is 2.41. The van der Waals surface area contributed by atoms with Gasteiger partial charge in [0.2, 0.25) is 0 Å². The van der Waals surface area contributed by atoms with E-state index < -0.39 is 5.60 Å². The highest BCUT2D eigenvalue weighted by molar-refractivity contribution is 5.85. The second-order valence-electron chi connectivity index (χ2n) is 8.71. The Morgan fingerprint density at radius 2 is 1.68 bits per heavy atom. The van der Waals surface area contributed by atoms with Crippen molar-refractivity contribution < 1.29 is 14.6 Å². The number of morpholine rings is 1. The molecule has 0 radical (unpaired) electrons. The van der Waals surface area contributed by atoms with Crippen LogP contribution < -0.4 is 4.74 Å². The van der Waals surface area contributed by atoms with Crippen molar-refractivity contribution in [3.8, 4) is 5.75 Å². The van der Waals surface area contributed by atoms with Gasteiger partial charge in [-0.05, 0) is 42.0 Å². The molecule has 31 heavy (non-hydrogen) atoms. The second-order valence-corrected chi connectivity index (χ2v) is 8.71. The van der Waals surface area contributed by atoms with Crippen molar-refractivity contribution in [2.75, 3.05) is 39.5 Å². The van der Waals surface area contributed by atoms with Crippen LogP contribution in [0.2, 0.25) is 0 Å². The van der Waals surface area contributed by atoms with E-state index in [1.54, 1.807) is 0 Å². The lowest BCUT2D eigenvalue weighted by Gasteiger charge is -2.40. The Balaban J connectivity index is 0.00000341. The van der Waals surface area contributed by atoms with Gasteiger partial charge in [0.1, 0.15) is 5.75 Å². The first-order chi connectivity index (χ1) is 14.5. The van der Waals surface area contributed by atoms with Gasteiger partial charge in [-0.2, -0.15) is 0 Å². The van der Waals surface area contributed by atoms with Crippen molar-refractivity contribution in [3.05, 3.63) is 65.7 Å². The Hall–Kier alpha value is -1.59. The third-order valence-corrected chi connectivity index (χ3v) is 6.18. The number of halogens is 1. The normalized spacial score (nSPS) is 17.6. The predicted octanol–water partition coefficient (Wildman–Crippen LogP) is 5.25. The summed E-state index contributed by atoms with van der Waals surface area (Å²) in [5.74, 6) is 1.47. The van der Waals surface area contributed by atoms with E-state index in [0.717, 1.165) is 57.2 Å². The van der Waals surface area contributed by atoms with Crippen LogP contribution in [0, 0.1) is 5.92 Å². The smallest absolute Gasteiger partial charge is 0.119 e. The molecule has 0 saturated carbocycles. The summed E-state index contributed by atoms with van der Waals surface area (Å²) in [5, 5.41) is 12.0. The van der Waals surface area contributed by atoms with Gasteiger partial charge in [-0.3, -0.25) is 4.90 Å². The first-order valence-corrected chi connectivity index (χ1v) is 11.3. The first kappa shape index (κ1) is 25.7. The van der Waals surface area contributed by atoms with Crippen LogP contribution in [-0.2, 0) is 10.3 Å². The van der Waals surface area contributed by atoms with Gasteiger partial charge < -0.3 is 14.6 Å². The lowest BCUT2D eigenvalue weighted by Crippen LogP contribution is -2.44. The Morgan fingerprint density at radius 1 is 1.03 bits per heavy atom. The number of aliphatic hydroxyl groups is 1. The van der Waals surface area contributed by atoms with Crippen molar-refractivity contribution in [3.63, 3.8) is 0 Å². The molecule has 2 aromatic carbocycles. The molecular formula is C26H38ClNO3. The summed E-state index contributed by atoms with van der Waals surface area (Å²) in [6.45, 7) is 11.3. The van der Waals surface area contributed by atoms with Gasteiger partial charge in [0, 0.05) is 25.6 Å². The molecule has 1 fully saturated rings. The SMILES string of the molecule is CCC(O)(c1ccc(OCCC(C)C)cc1)C(CN1CCOCC1)c1ccccc1.Cl. The molecule has 172 valence electrons. The standard InChI is InChI=1S/C26H37NO3.ClH/c1-4-26(28,23-10-12-24(13-11-23)30-17-14-21(2)3)25(22-8-6-5-7-9-22)20-27-15-18-29-19-16-27;/h5-13,21,25,28H,4,14-20H2,1-3H3;1H. The van der Waals surface area contributed by atoms with Crippen LogP contribution in [0.15, 0.2) is 54.6 Å². The van der Waals surface area contributed by atoms with Crippen LogP contribution >= 0.6 is 12.4 Å². The van der Waals surface area contributed by atoms with E-state index in [-0.39, 0.29) is 18.3 Å². The quantitative estimate of drug-likeness (QED) is 0.540. The second kappa shape index (κ2) is 12.4. The lowest BCUT2D eigenvalue weighted by molar-refractivity contribution is -0.0250. The fourth-order valence-electron chi connectivity index (χ4n) is 4.16. The van der Waals surface area contributed by atoms with Crippen LogP contribution in [0.5, 0.6) is 5.75 Å². The number of ether oxygens (including phenoxy) is 2. The van der Waals surface area contributed by atoms with E-state index in [9.17, 15) is 5.11 Å². The van der Waals surface area contributed by atoms with Crippen LogP contribution in [0.1, 0.15) is 50.7 Å². The van der Waals surface area contributed by atoms with Gasteiger partial charge in [0.25, 0.3) is 0 Å². The van der Waals surface area contributed by atoms with Crippen LogP contribution in [0.4, 0.5) is 0 Å². The number of hydrogen-bond acceptors (Lipinski definition) is 4. The van der Waals surface area contributed by atoms with Gasteiger partial charge in [0.15, 0.2) is 0 Å². The maximum absolute atomic E-state index is 12.0. The summed E-state index contributed by atoms with van der Waals surface area (Å²) in [5.41, 5.74) is 1.17. The van der Waals surface area contributed by atoms with Gasteiger partial charge in [0.05, 0.1) is 25.4 Å². The molecule has 2 atom stereocenters. The van der Waals surface area contributed by atoms with Crippen LogP contribution in [-0.4, -0.2) is 49.5 Å². The Kier molecular flexibility index (Phi) is 10.3. The number of benzene rings is 2. The maximum atomic E-state index is 12.0. The minimum absolute atomic E-state index is 0. The molecule has 0 bridgehead atoms. The van der Waals surface area contributed by atoms with Crippen molar-refractivity contribution in [2.45, 2.75) is 45.1 Å². The van der Waals surface area contributed by atoms with E-state index >= 15 is 0 Å². The molecule has 1 N–H and O–H groups in total. The third kappa shape index (κ3) is 6.95. The molecule has 0 amide bonds. The van der Waals surface area contributed by atoms with E-state index in [0.29, 0.717) is 12.3 Å². The molecule has 2 aromatic rings. The Labute approximate surface area is 194 Å². The summed E-state index contributed by atoms with van der Waals surface area (Å²) in [6, 6.07) is 18.5. The van der Waals surface area contributed by atoms with Crippen LogP contribution in [0.25, 0.3) is 0 Å². The van der Waals surface area contributed by atoms with Crippen LogP contribution in [0.3, 0.4) is 0 Å². The van der Waals surface area contributed by atoms with Crippen molar-refractivity contribution in [2.24, 2.45) is 5.92 Å². The molecule has 1 aliphatic heterocycles. The molecule has 1 saturated heterocycles. The minimum atomic E-state index is -0.948. The molecule has 0 spiro atoms. The van der Waals surface area contributed by atoms with Gasteiger partial charge in [-0.1, -0.05) is 63.2 Å². The van der Waals surface area contributed by atoms with E-state index in [2.05, 4.69) is 49.9 Å². The molecule has 2 unspecified atom stereocenters. The lowest BCUT2D eigenvalue weighted by atomic mass is 9.75. The van der Waals surface area contributed by atoms with Gasteiger partial charge in [-0.15, -0.1) is 12.4 Å².